The number of likely N-dealkylation sites (tertiary alicyclic amines) is 2. The Labute approximate surface area is 173 Å². The smallest absolute Gasteiger partial charge is 0.219 e. The molecule has 4 rings (SSSR count). The number of ether oxygens (including phenoxy) is 1. The number of hydrogen-bond acceptors (Lipinski definition) is 4. The number of aryl methyl sites for hydroxylation is 2. The Hall–Kier alpha value is -2.08. The van der Waals surface area contributed by atoms with Crippen molar-refractivity contribution in [3.8, 4) is 5.75 Å². The van der Waals surface area contributed by atoms with Gasteiger partial charge in [-0.05, 0) is 55.8 Å². The molecule has 1 aromatic carbocycles. The van der Waals surface area contributed by atoms with E-state index in [1.165, 1.54) is 29.5 Å². The summed E-state index contributed by atoms with van der Waals surface area (Å²) in [5.74, 6) is 1.36. The zero-order chi connectivity index (χ0) is 20.6. The summed E-state index contributed by atoms with van der Waals surface area (Å²) in [5.41, 5.74) is 3.77. The average Bonchev–Trinajstić information content (AvgIpc) is 3.05. The Kier molecular flexibility index (Phi) is 5.56. The number of methoxy groups -OCH3 is 1. The van der Waals surface area contributed by atoms with Crippen LogP contribution in [0.4, 0.5) is 0 Å². The van der Waals surface area contributed by atoms with Crippen LogP contribution >= 0.6 is 0 Å². The van der Waals surface area contributed by atoms with Crippen molar-refractivity contribution in [3.63, 3.8) is 0 Å². The maximum absolute atomic E-state index is 12.0. The molecule has 0 spiro atoms. The molecule has 2 atom stereocenters. The fourth-order valence-corrected chi connectivity index (χ4v) is 5.61. The van der Waals surface area contributed by atoms with Gasteiger partial charge in [0, 0.05) is 51.5 Å². The predicted octanol–water partition coefficient (Wildman–Crippen LogP) is 2.13. The fraction of sp³-hybridized carbons (Fsp3) is 0.652. The third-order valence-electron chi connectivity index (χ3n) is 7.00. The summed E-state index contributed by atoms with van der Waals surface area (Å²) in [5, 5.41) is 3.23. The molecule has 2 amide bonds. The highest BCUT2D eigenvalue weighted by atomic mass is 16.5. The van der Waals surface area contributed by atoms with Gasteiger partial charge in [0.2, 0.25) is 11.8 Å². The molecule has 0 radical (unpaired) electrons. The van der Waals surface area contributed by atoms with Crippen LogP contribution in [0.25, 0.3) is 0 Å². The van der Waals surface area contributed by atoms with E-state index in [4.69, 9.17) is 4.74 Å². The summed E-state index contributed by atoms with van der Waals surface area (Å²) in [6, 6.07) is 4.56. The Morgan fingerprint density at radius 2 is 1.90 bits per heavy atom. The van der Waals surface area contributed by atoms with Crippen LogP contribution in [0.15, 0.2) is 12.1 Å². The third kappa shape index (κ3) is 4.00. The molecule has 6 nitrogen and oxygen atoms in total. The molecule has 29 heavy (non-hydrogen) atoms. The lowest BCUT2D eigenvalue weighted by molar-refractivity contribution is -0.128. The van der Waals surface area contributed by atoms with Gasteiger partial charge in [-0.25, -0.2) is 0 Å². The summed E-state index contributed by atoms with van der Waals surface area (Å²) in [7, 11) is 1.75. The number of fused-ring (bicyclic) bond motifs is 2. The van der Waals surface area contributed by atoms with Crippen LogP contribution < -0.4 is 10.1 Å². The number of nitrogens with one attached hydrogen (secondary N) is 1. The molecule has 0 unspecified atom stereocenters. The lowest BCUT2D eigenvalue weighted by atomic mass is 9.80. The van der Waals surface area contributed by atoms with E-state index < -0.39 is 0 Å². The highest BCUT2D eigenvalue weighted by Gasteiger charge is 2.51. The van der Waals surface area contributed by atoms with Gasteiger partial charge >= 0.3 is 0 Å². The molecule has 1 aromatic rings. The molecule has 0 aromatic heterocycles. The minimum Gasteiger partial charge on any atom is -0.496 e. The first kappa shape index (κ1) is 20.2. The van der Waals surface area contributed by atoms with E-state index in [0.717, 1.165) is 51.2 Å². The SMILES string of the molecule is COc1cc2c(cc1CN1CC[C@@H]3CN(C(C)=O)C[C@]3(NC(C)=O)C1)CCCC2. The Bertz CT molecular complexity index is 809. The second kappa shape index (κ2) is 7.98. The van der Waals surface area contributed by atoms with Gasteiger partial charge in [-0.2, -0.15) is 0 Å². The molecule has 0 bridgehead atoms. The van der Waals surface area contributed by atoms with E-state index >= 15 is 0 Å². The topological polar surface area (TPSA) is 61.9 Å². The van der Waals surface area contributed by atoms with E-state index in [9.17, 15) is 9.59 Å². The van der Waals surface area contributed by atoms with Crippen molar-refractivity contribution >= 4 is 11.8 Å². The second-order valence-corrected chi connectivity index (χ2v) is 9.07. The summed E-state index contributed by atoms with van der Waals surface area (Å²) in [4.78, 5) is 28.3. The van der Waals surface area contributed by atoms with Crippen molar-refractivity contribution in [3.05, 3.63) is 28.8 Å². The molecule has 2 saturated heterocycles. The molecule has 6 heteroatoms. The molecule has 2 aliphatic heterocycles. The number of rotatable bonds is 4. The van der Waals surface area contributed by atoms with Crippen LogP contribution in [0.1, 0.15) is 49.8 Å². The lowest BCUT2D eigenvalue weighted by Gasteiger charge is -2.44. The monoisotopic (exact) mass is 399 g/mol. The first-order valence-corrected chi connectivity index (χ1v) is 10.9. The summed E-state index contributed by atoms with van der Waals surface area (Å²) >= 11 is 0. The number of hydrogen-bond donors (Lipinski definition) is 1. The lowest BCUT2D eigenvalue weighted by Crippen LogP contribution is -2.63. The maximum atomic E-state index is 12.0. The van der Waals surface area contributed by atoms with E-state index in [0.29, 0.717) is 12.5 Å². The summed E-state index contributed by atoms with van der Waals surface area (Å²) < 4.78 is 5.73. The standard InChI is InChI=1S/C23H33N3O3/c1-16(27)24-23-14-25(9-8-21(23)13-26(15-23)17(2)28)12-20-10-18-6-4-5-7-19(18)11-22(20)29-3/h10-11,21H,4-9,12-15H2,1-3H3,(H,24,27)/t21-,23-/m1/s1. The molecule has 1 N–H and O–H groups in total. The largest absolute Gasteiger partial charge is 0.496 e. The number of nitrogens with zero attached hydrogens (tertiary/aromatic N) is 2. The Morgan fingerprint density at radius 3 is 2.55 bits per heavy atom. The van der Waals surface area contributed by atoms with Crippen molar-refractivity contribution in [2.45, 2.75) is 58.0 Å². The third-order valence-corrected chi connectivity index (χ3v) is 7.00. The van der Waals surface area contributed by atoms with Crippen molar-refractivity contribution in [2.75, 3.05) is 33.3 Å². The van der Waals surface area contributed by atoms with Gasteiger partial charge in [0.15, 0.2) is 0 Å². The van der Waals surface area contributed by atoms with Crippen LogP contribution in [0, 0.1) is 5.92 Å². The predicted molar refractivity (Wildman–Crippen MR) is 112 cm³/mol. The first-order chi connectivity index (χ1) is 13.9. The van der Waals surface area contributed by atoms with E-state index in [1.54, 1.807) is 21.0 Å². The first-order valence-electron chi connectivity index (χ1n) is 10.9. The number of carbonyl (C=O) groups excluding carboxylic acids is 2. The molecule has 2 fully saturated rings. The van der Waals surface area contributed by atoms with Crippen LogP contribution in [0.3, 0.4) is 0 Å². The summed E-state index contributed by atoms with van der Waals surface area (Å²) in [6.45, 7) is 7.09. The zero-order valence-electron chi connectivity index (χ0n) is 17.9. The van der Waals surface area contributed by atoms with E-state index in [-0.39, 0.29) is 17.4 Å². The number of amides is 2. The molecule has 158 valence electrons. The van der Waals surface area contributed by atoms with Crippen LogP contribution in [0.5, 0.6) is 5.75 Å². The number of piperidine rings is 1. The zero-order valence-corrected chi connectivity index (χ0v) is 17.9. The van der Waals surface area contributed by atoms with Gasteiger partial charge in [-0.3, -0.25) is 14.5 Å². The molecule has 1 aliphatic carbocycles. The van der Waals surface area contributed by atoms with Crippen molar-refractivity contribution in [1.82, 2.24) is 15.1 Å². The van der Waals surface area contributed by atoms with Crippen LogP contribution in [0.2, 0.25) is 0 Å². The maximum Gasteiger partial charge on any atom is 0.219 e. The Balaban J connectivity index is 1.56. The van der Waals surface area contributed by atoms with Gasteiger partial charge in [-0.15, -0.1) is 0 Å². The van der Waals surface area contributed by atoms with E-state index in [2.05, 4.69) is 22.3 Å². The Morgan fingerprint density at radius 1 is 1.17 bits per heavy atom. The molecular formula is C23H33N3O3. The van der Waals surface area contributed by atoms with Crippen molar-refractivity contribution in [2.24, 2.45) is 5.92 Å². The average molecular weight is 400 g/mol. The van der Waals surface area contributed by atoms with Gasteiger partial charge in [-0.1, -0.05) is 6.07 Å². The summed E-state index contributed by atoms with van der Waals surface area (Å²) in [6.07, 6.45) is 5.80. The van der Waals surface area contributed by atoms with Gasteiger partial charge in [0.25, 0.3) is 0 Å². The van der Waals surface area contributed by atoms with Crippen LogP contribution in [-0.4, -0.2) is 60.4 Å². The van der Waals surface area contributed by atoms with E-state index in [1.807, 2.05) is 4.90 Å². The molecular weight excluding hydrogens is 366 g/mol. The molecule has 3 aliphatic rings. The quantitative estimate of drug-likeness (QED) is 0.843. The highest BCUT2D eigenvalue weighted by molar-refractivity contribution is 5.76. The number of carbonyl (C=O) groups is 2. The highest BCUT2D eigenvalue weighted by Crippen LogP contribution is 2.37. The van der Waals surface area contributed by atoms with Crippen molar-refractivity contribution < 1.29 is 14.3 Å². The van der Waals surface area contributed by atoms with Crippen molar-refractivity contribution in [1.29, 1.82) is 0 Å². The second-order valence-electron chi connectivity index (χ2n) is 9.07. The minimum atomic E-state index is -0.350. The fourth-order valence-electron chi connectivity index (χ4n) is 5.61. The van der Waals surface area contributed by atoms with Gasteiger partial charge < -0.3 is 15.0 Å². The normalized spacial score (nSPS) is 26.6. The van der Waals surface area contributed by atoms with Crippen LogP contribution in [-0.2, 0) is 29.0 Å². The van der Waals surface area contributed by atoms with Gasteiger partial charge in [0.05, 0.1) is 12.6 Å². The molecule has 0 saturated carbocycles. The molecule has 2 heterocycles. The number of benzene rings is 1. The van der Waals surface area contributed by atoms with Gasteiger partial charge in [0.1, 0.15) is 5.75 Å². The minimum absolute atomic E-state index is 0.0198.